The summed E-state index contributed by atoms with van der Waals surface area (Å²) in [6.45, 7) is 25.0. The van der Waals surface area contributed by atoms with Crippen LogP contribution in [0.15, 0.2) is 212 Å². The quantitative estimate of drug-likeness (QED) is 0.121. The zero-order valence-electron chi connectivity index (χ0n) is 45.2. The molecule has 0 amide bonds. The molecule has 76 heavy (non-hydrogen) atoms. The van der Waals surface area contributed by atoms with Crippen molar-refractivity contribution in [1.82, 2.24) is 9.55 Å². The van der Waals surface area contributed by atoms with Crippen LogP contribution in [-0.2, 0) is 37.3 Å². The fourth-order valence-corrected chi connectivity index (χ4v) is 10.5. The molecule has 0 N–H and O–H groups in total. The Morgan fingerprint density at radius 2 is 1.05 bits per heavy atom. The van der Waals surface area contributed by atoms with Gasteiger partial charge < -0.3 is 19.1 Å². The summed E-state index contributed by atoms with van der Waals surface area (Å²) in [6, 6.07) is 77.1. The molecule has 0 aliphatic carbocycles. The summed E-state index contributed by atoms with van der Waals surface area (Å²) in [5.74, 6) is 2.01. The molecule has 0 atom stereocenters. The van der Waals surface area contributed by atoms with Gasteiger partial charge in [0, 0.05) is 71.9 Å². The van der Waals surface area contributed by atoms with E-state index in [1.54, 1.807) is 0 Å². The zero-order chi connectivity index (χ0) is 52.3. The predicted octanol–water partition coefficient (Wildman–Crippen LogP) is 18.2. The molecule has 0 radical (unpaired) electrons. The summed E-state index contributed by atoms with van der Waals surface area (Å²) in [4.78, 5) is 9.57. The van der Waals surface area contributed by atoms with Crippen molar-refractivity contribution in [3.8, 4) is 39.6 Å². The van der Waals surface area contributed by atoms with Crippen molar-refractivity contribution in [2.75, 3.05) is 9.80 Å². The molecule has 384 valence electrons. The third-order valence-corrected chi connectivity index (χ3v) is 15.2. The van der Waals surface area contributed by atoms with Crippen LogP contribution in [0.3, 0.4) is 0 Å². The average molecular weight is 1170 g/mol. The molecule has 8 aromatic carbocycles. The molecule has 10 aromatic rings. The monoisotopic (exact) mass is 1170 g/mol. The number of hydrogen-bond acceptors (Lipinski definition) is 4. The number of hydrogen-bond donors (Lipinski definition) is 0. The molecule has 0 spiro atoms. The van der Waals surface area contributed by atoms with E-state index < -0.39 is 0 Å². The van der Waals surface area contributed by atoms with Gasteiger partial charge in [0.2, 0.25) is 0 Å². The summed E-state index contributed by atoms with van der Waals surface area (Å²) < 4.78 is 9.27. The van der Waals surface area contributed by atoms with Crippen LogP contribution in [0.25, 0.3) is 49.9 Å². The van der Waals surface area contributed by atoms with Gasteiger partial charge in [0.15, 0.2) is 0 Å². The maximum Gasteiger partial charge on any atom is 0.135 e. The summed E-state index contributed by atoms with van der Waals surface area (Å²) >= 11 is 0. The van der Waals surface area contributed by atoms with E-state index in [1.807, 2.05) is 12.3 Å². The molecule has 1 aliphatic heterocycles. The fourth-order valence-electron chi connectivity index (χ4n) is 10.5. The Labute approximate surface area is 464 Å². The number of fused-ring (bicyclic) bond motifs is 3. The van der Waals surface area contributed by atoms with Crippen LogP contribution >= 0.6 is 0 Å². The van der Waals surface area contributed by atoms with E-state index in [0.717, 1.165) is 55.8 Å². The third kappa shape index (κ3) is 10.1. The Hall–Kier alpha value is -7.46. The van der Waals surface area contributed by atoms with Gasteiger partial charge >= 0.3 is 0 Å². The van der Waals surface area contributed by atoms with Gasteiger partial charge in [-0.1, -0.05) is 214 Å². The van der Waals surface area contributed by atoms with Crippen LogP contribution < -0.4 is 14.5 Å². The largest absolute Gasteiger partial charge is 0.509 e. The molecular weight excluding hydrogens is 1110 g/mol. The zero-order valence-corrected chi connectivity index (χ0v) is 47.5. The first-order valence-corrected chi connectivity index (χ1v) is 26.2. The second kappa shape index (κ2) is 20.2. The van der Waals surface area contributed by atoms with Crippen LogP contribution in [0.5, 0.6) is 11.5 Å². The Morgan fingerprint density at radius 3 is 1.66 bits per heavy atom. The van der Waals surface area contributed by atoms with E-state index in [-0.39, 0.29) is 42.7 Å². The van der Waals surface area contributed by atoms with Gasteiger partial charge in [0.1, 0.15) is 5.82 Å². The Morgan fingerprint density at radius 1 is 0.461 bits per heavy atom. The molecule has 0 bridgehead atoms. The Bertz CT molecular complexity index is 3730. The molecular formula is C70H65N4OPt-3. The number of benzene rings is 8. The van der Waals surface area contributed by atoms with Gasteiger partial charge in [-0.2, -0.15) is 6.07 Å². The molecule has 1 aliphatic rings. The normalized spacial score (nSPS) is 13.3. The molecule has 6 heteroatoms. The van der Waals surface area contributed by atoms with E-state index in [1.165, 1.54) is 38.9 Å². The number of aromatic nitrogens is 2. The van der Waals surface area contributed by atoms with Crippen molar-refractivity contribution in [3.63, 3.8) is 0 Å². The molecule has 3 heterocycles. The molecule has 0 saturated carbocycles. The van der Waals surface area contributed by atoms with Gasteiger partial charge in [0.25, 0.3) is 0 Å². The van der Waals surface area contributed by atoms with Crippen molar-refractivity contribution in [3.05, 3.63) is 259 Å². The molecule has 11 rings (SSSR count). The van der Waals surface area contributed by atoms with Crippen LogP contribution in [0.1, 0.15) is 97.1 Å². The van der Waals surface area contributed by atoms with Crippen LogP contribution in [0.2, 0.25) is 0 Å². The number of anilines is 2. The maximum atomic E-state index is 7.02. The number of ether oxygens (including phenoxy) is 1. The van der Waals surface area contributed by atoms with E-state index in [0.29, 0.717) is 11.5 Å². The second-order valence-corrected chi connectivity index (χ2v) is 23.2. The first-order valence-electron chi connectivity index (χ1n) is 26.2. The van der Waals surface area contributed by atoms with Crippen molar-refractivity contribution in [1.29, 1.82) is 0 Å². The second-order valence-electron chi connectivity index (χ2n) is 23.2. The summed E-state index contributed by atoms with van der Waals surface area (Å²) in [7, 11) is 0. The number of nitrogens with zero attached hydrogens (tertiary/aromatic N) is 4. The standard InChI is InChI=1S/C70H65N4O.Pt/c1-67(2,3)54-35-36-71-66(43-54)74-63-34-31-55(69(7,8)52-27-19-13-20-28-52)42-62(63)61-33-32-59(45-64(61)74)75-60-40-51(49-25-17-12-18-26-49)39-58(44-60)73-47-72(46-65(73)68(4,5)6)57-38-50(48-23-15-11-16-24-48)37-56(41-57)70(9,10)53-29-21-14-22-30-53;/h11-43,46-47H,1-10H3;/q-3;. The SMILES string of the molecule is CC(C)(C)C1=CN(c2cc(-c3ccccc3)cc(C(C)(C)c3ccccc3)c2)[CH-]N1c1[c-]c(Oc2[c-]c3c(cc2)c2cc(C(C)(C)c4ccccc4)ccc2n3-c2cc(C(C)(C)C)ccn2)cc(-c2ccccc2)c1.[Pt]. The van der Waals surface area contributed by atoms with Crippen molar-refractivity contribution < 1.29 is 25.8 Å². The van der Waals surface area contributed by atoms with Crippen LogP contribution in [0.4, 0.5) is 11.4 Å². The molecule has 2 aromatic heterocycles. The van der Waals surface area contributed by atoms with Crippen molar-refractivity contribution >= 4 is 33.2 Å². The van der Waals surface area contributed by atoms with Gasteiger partial charge in [-0.25, -0.2) is 4.98 Å². The average Bonchev–Trinajstić information content (AvgIpc) is 4.05. The first kappa shape index (κ1) is 52.0. The summed E-state index contributed by atoms with van der Waals surface area (Å²) in [5.41, 5.74) is 14.9. The van der Waals surface area contributed by atoms with Gasteiger partial charge in [-0.15, -0.1) is 53.6 Å². The molecule has 0 saturated heterocycles. The smallest absolute Gasteiger partial charge is 0.135 e. The van der Waals surface area contributed by atoms with Crippen LogP contribution in [-0.4, -0.2) is 9.55 Å². The van der Waals surface area contributed by atoms with E-state index in [4.69, 9.17) is 9.72 Å². The number of allylic oxidation sites excluding steroid dienone is 1. The van der Waals surface area contributed by atoms with E-state index >= 15 is 0 Å². The van der Waals surface area contributed by atoms with Gasteiger partial charge in [-0.3, -0.25) is 0 Å². The molecule has 0 fully saturated rings. The predicted molar refractivity (Wildman–Crippen MR) is 313 cm³/mol. The Balaban J connectivity index is 0.00000657. The van der Waals surface area contributed by atoms with E-state index in [9.17, 15) is 0 Å². The number of pyridine rings is 1. The third-order valence-electron chi connectivity index (χ3n) is 15.2. The summed E-state index contributed by atoms with van der Waals surface area (Å²) in [5, 5.41) is 2.21. The van der Waals surface area contributed by atoms with Gasteiger partial charge in [0.05, 0.1) is 0 Å². The fraction of sp³-hybridized carbons (Fsp3) is 0.200. The summed E-state index contributed by atoms with van der Waals surface area (Å²) in [6.07, 6.45) is 4.20. The minimum absolute atomic E-state index is 0. The minimum Gasteiger partial charge on any atom is -0.509 e. The van der Waals surface area contributed by atoms with Crippen molar-refractivity contribution in [2.45, 2.75) is 85.5 Å². The molecule has 0 unspecified atom stereocenters. The Kier molecular flexibility index (Phi) is 13.9. The van der Waals surface area contributed by atoms with Gasteiger partial charge in [-0.05, 0) is 91.8 Å². The maximum absolute atomic E-state index is 7.02. The van der Waals surface area contributed by atoms with Crippen molar-refractivity contribution in [2.24, 2.45) is 5.41 Å². The topological polar surface area (TPSA) is 33.5 Å². The number of rotatable bonds is 11. The minimum atomic E-state index is -0.260. The van der Waals surface area contributed by atoms with Crippen LogP contribution in [0, 0.1) is 24.2 Å². The molecule has 5 nitrogen and oxygen atoms in total. The van der Waals surface area contributed by atoms with E-state index in [2.05, 4.69) is 297 Å². The first-order chi connectivity index (χ1) is 35.9.